The van der Waals surface area contributed by atoms with Crippen molar-refractivity contribution in [2.45, 2.75) is 13.8 Å². The van der Waals surface area contributed by atoms with E-state index in [1.54, 1.807) is 12.4 Å². The van der Waals surface area contributed by atoms with Crippen LogP contribution in [0.15, 0.2) is 60.9 Å². The molecule has 37 heavy (non-hydrogen) atoms. The summed E-state index contributed by atoms with van der Waals surface area (Å²) < 4.78 is 0. The topological polar surface area (TPSA) is 86.8 Å². The molecule has 0 aliphatic heterocycles. The highest BCUT2D eigenvalue weighted by atomic mass is 16.1. The van der Waals surface area contributed by atoms with Crippen LogP contribution in [0.1, 0.15) is 32.7 Å². The number of fused-ring (bicyclic) bond motifs is 3. The molecule has 0 spiro atoms. The Morgan fingerprint density at radius 1 is 0.919 bits per heavy atom. The number of amides is 1. The maximum atomic E-state index is 12.5. The molecule has 0 radical (unpaired) electrons. The van der Waals surface area contributed by atoms with Gasteiger partial charge in [0.1, 0.15) is 5.69 Å². The van der Waals surface area contributed by atoms with E-state index in [9.17, 15) is 4.79 Å². The van der Waals surface area contributed by atoms with Gasteiger partial charge >= 0.3 is 0 Å². The number of carbonyl (C=O) groups is 1. The SMILES string of the molecule is Cc1c(-c2ccc(C(=O)NCCN(C)C)cc2)nc2ccc3n[nH]c(C#Cc4ccncc4)c3c2c1C. The number of H-pyrrole nitrogens is 1. The Morgan fingerprint density at radius 3 is 2.38 bits per heavy atom. The van der Waals surface area contributed by atoms with E-state index in [2.05, 4.69) is 46.2 Å². The van der Waals surface area contributed by atoms with Gasteiger partial charge < -0.3 is 10.2 Å². The maximum Gasteiger partial charge on any atom is 0.251 e. The number of aromatic amines is 1. The van der Waals surface area contributed by atoms with Crippen molar-refractivity contribution in [2.24, 2.45) is 0 Å². The normalized spacial score (nSPS) is 11.1. The predicted molar refractivity (Wildman–Crippen MR) is 147 cm³/mol. The molecule has 3 aromatic heterocycles. The Hall–Kier alpha value is -4.54. The van der Waals surface area contributed by atoms with Crippen molar-refractivity contribution in [3.63, 3.8) is 0 Å². The highest BCUT2D eigenvalue weighted by Crippen LogP contribution is 2.34. The number of benzene rings is 2. The first kappa shape index (κ1) is 24.2. The lowest BCUT2D eigenvalue weighted by Gasteiger charge is -2.13. The molecule has 0 unspecified atom stereocenters. The number of nitrogens with zero attached hydrogens (tertiary/aromatic N) is 4. The van der Waals surface area contributed by atoms with Crippen LogP contribution in [-0.2, 0) is 0 Å². The summed E-state index contributed by atoms with van der Waals surface area (Å²) in [5.41, 5.74) is 8.10. The van der Waals surface area contributed by atoms with E-state index in [0.717, 1.165) is 62.0 Å². The first-order valence-corrected chi connectivity index (χ1v) is 12.2. The zero-order valence-electron chi connectivity index (χ0n) is 21.4. The molecule has 0 saturated carbocycles. The fourth-order valence-corrected chi connectivity index (χ4v) is 4.36. The smallest absolute Gasteiger partial charge is 0.251 e. The molecule has 0 aliphatic rings. The van der Waals surface area contributed by atoms with Gasteiger partial charge in [0.05, 0.1) is 16.7 Å². The Bertz CT molecular complexity index is 1660. The molecule has 0 saturated heterocycles. The number of pyridine rings is 2. The molecule has 2 N–H and O–H groups in total. The van der Waals surface area contributed by atoms with Crippen LogP contribution in [0.25, 0.3) is 33.1 Å². The van der Waals surface area contributed by atoms with Crippen LogP contribution < -0.4 is 5.32 Å². The van der Waals surface area contributed by atoms with Crippen molar-refractivity contribution in [3.8, 4) is 23.1 Å². The molecule has 0 aliphatic carbocycles. The van der Waals surface area contributed by atoms with Crippen LogP contribution in [0.2, 0.25) is 0 Å². The third-order valence-electron chi connectivity index (χ3n) is 6.50. The second-order valence-corrected chi connectivity index (χ2v) is 9.29. The summed E-state index contributed by atoms with van der Waals surface area (Å²) in [6.45, 7) is 5.60. The zero-order valence-corrected chi connectivity index (χ0v) is 21.4. The third kappa shape index (κ3) is 4.92. The van der Waals surface area contributed by atoms with Crippen LogP contribution in [0.3, 0.4) is 0 Å². The number of hydrogen-bond acceptors (Lipinski definition) is 5. The lowest BCUT2D eigenvalue weighted by molar-refractivity contribution is 0.0951. The predicted octanol–water partition coefficient (Wildman–Crippen LogP) is 4.48. The largest absolute Gasteiger partial charge is 0.351 e. The molecule has 5 rings (SSSR count). The van der Waals surface area contributed by atoms with Crippen molar-refractivity contribution in [1.82, 2.24) is 30.4 Å². The van der Waals surface area contributed by atoms with Gasteiger partial charge in [-0.3, -0.25) is 14.9 Å². The van der Waals surface area contributed by atoms with Gasteiger partial charge in [-0.25, -0.2) is 4.98 Å². The van der Waals surface area contributed by atoms with Crippen LogP contribution in [0, 0.1) is 25.7 Å². The molecule has 5 aromatic rings. The molecule has 2 aromatic carbocycles. The van der Waals surface area contributed by atoms with E-state index < -0.39 is 0 Å². The Balaban J connectivity index is 1.52. The van der Waals surface area contributed by atoms with Gasteiger partial charge in [0.25, 0.3) is 5.91 Å². The Kier molecular flexibility index (Phi) is 6.67. The summed E-state index contributed by atoms with van der Waals surface area (Å²) in [6.07, 6.45) is 3.46. The molecule has 7 heteroatoms. The molecule has 184 valence electrons. The van der Waals surface area contributed by atoms with Crippen molar-refractivity contribution in [2.75, 3.05) is 27.2 Å². The lowest BCUT2D eigenvalue weighted by Crippen LogP contribution is -2.31. The van der Waals surface area contributed by atoms with Crippen molar-refractivity contribution >= 4 is 27.7 Å². The van der Waals surface area contributed by atoms with E-state index in [1.165, 1.54) is 0 Å². The van der Waals surface area contributed by atoms with Gasteiger partial charge in [0.2, 0.25) is 0 Å². The van der Waals surface area contributed by atoms with E-state index in [0.29, 0.717) is 12.1 Å². The number of likely N-dealkylation sites (N-methyl/N-ethyl adjacent to an activating group) is 1. The van der Waals surface area contributed by atoms with Gasteiger partial charge in [-0.15, -0.1) is 0 Å². The fraction of sp³-hybridized carbons (Fsp3) is 0.200. The van der Waals surface area contributed by atoms with Gasteiger partial charge in [-0.1, -0.05) is 18.1 Å². The standard InChI is InChI=1S/C30H28N6O/c1-19-20(2)29(22-6-8-23(9-7-22)30(37)32-17-18-36(3)4)33-24-11-12-26-28(27(19)24)25(34-35-26)10-5-21-13-15-31-16-14-21/h6-9,11-16H,17-18H2,1-4H3,(H,32,37)(H,34,35). The summed E-state index contributed by atoms with van der Waals surface area (Å²) in [7, 11) is 3.96. The minimum Gasteiger partial charge on any atom is -0.351 e. The molecule has 0 atom stereocenters. The average Bonchev–Trinajstić information content (AvgIpc) is 3.33. The number of carbonyl (C=O) groups excluding carboxylic acids is 1. The average molecular weight is 489 g/mol. The van der Waals surface area contributed by atoms with Gasteiger partial charge in [0.15, 0.2) is 0 Å². The summed E-state index contributed by atoms with van der Waals surface area (Å²) in [6, 6.07) is 15.4. The van der Waals surface area contributed by atoms with Crippen LogP contribution in [0.4, 0.5) is 0 Å². The highest BCUT2D eigenvalue weighted by Gasteiger charge is 2.16. The lowest BCUT2D eigenvalue weighted by atomic mass is 9.96. The molecule has 7 nitrogen and oxygen atoms in total. The number of nitrogens with one attached hydrogen (secondary N) is 2. The summed E-state index contributed by atoms with van der Waals surface area (Å²) >= 11 is 0. The molecule has 0 fully saturated rings. The van der Waals surface area contributed by atoms with E-state index in [4.69, 9.17) is 4.98 Å². The number of hydrogen-bond donors (Lipinski definition) is 2. The van der Waals surface area contributed by atoms with Crippen LogP contribution in [-0.4, -0.2) is 58.2 Å². The molecular weight excluding hydrogens is 460 g/mol. The number of aromatic nitrogens is 4. The van der Waals surface area contributed by atoms with Crippen molar-refractivity contribution < 1.29 is 4.79 Å². The molecular formula is C30H28N6O. The second-order valence-electron chi connectivity index (χ2n) is 9.29. The fourth-order valence-electron chi connectivity index (χ4n) is 4.36. The molecule has 0 bridgehead atoms. The van der Waals surface area contributed by atoms with Gasteiger partial charge in [-0.2, -0.15) is 5.10 Å². The van der Waals surface area contributed by atoms with Crippen LogP contribution >= 0.6 is 0 Å². The van der Waals surface area contributed by atoms with Gasteiger partial charge in [-0.05, 0) is 81.4 Å². The first-order chi connectivity index (χ1) is 17.9. The number of aryl methyl sites for hydroxylation is 1. The third-order valence-corrected chi connectivity index (χ3v) is 6.50. The van der Waals surface area contributed by atoms with E-state index in [1.807, 2.05) is 67.5 Å². The first-order valence-electron chi connectivity index (χ1n) is 12.2. The molecule has 1 amide bonds. The quantitative estimate of drug-likeness (QED) is 0.356. The van der Waals surface area contributed by atoms with Gasteiger partial charge in [0, 0.05) is 52.9 Å². The minimum absolute atomic E-state index is 0.0736. The monoisotopic (exact) mass is 488 g/mol. The summed E-state index contributed by atoms with van der Waals surface area (Å²) in [5, 5.41) is 12.6. The van der Waals surface area contributed by atoms with E-state index in [-0.39, 0.29) is 5.91 Å². The maximum absolute atomic E-state index is 12.5. The van der Waals surface area contributed by atoms with Crippen LogP contribution in [0.5, 0.6) is 0 Å². The van der Waals surface area contributed by atoms with Crippen molar-refractivity contribution in [3.05, 3.63) is 88.9 Å². The minimum atomic E-state index is -0.0736. The highest BCUT2D eigenvalue weighted by molar-refractivity contribution is 6.10. The van der Waals surface area contributed by atoms with Crippen molar-refractivity contribution in [1.29, 1.82) is 0 Å². The second kappa shape index (κ2) is 10.2. The zero-order chi connectivity index (χ0) is 25.9. The Morgan fingerprint density at radius 2 is 1.65 bits per heavy atom. The summed E-state index contributed by atoms with van der Waals surface area (Å²) in [5.74, 6) is 6.36. The Labute approximate surface area is 216 Å². The van der Waals surface area contributed by atoms with E-state index >= 15 is 0 Å². The molecule has 3 heterocycles. The summed E-state index contributed by atoms with van der Waals surface area (Å²) in [4.78, 5) is 23.6. The number of rotatable bonds is 5.